The Bertz CT molecular complexity index is 456. The van der Waals surface area contributed by atoms with Gasteiger partial charge in [0.2, 0.25) is 0 Å². The average Bonchev–Trinajstić information content (AvgIpc) is 3.02. The highest BCUT2D eigenvalue weighted by Gasteiger charge is 2.46. The van der Waals surface area contributed by atoms with E-state index < -0.39 is 0 Å². The van der Waals surface area contributed by atoms with E-state index >= 15 is 0 Å². The van der Waals surface area contributed by atoms with Gasteiger partial charge in [-0.25, -0.2) is 4.98 Å². The highest BCUT2D eigenvalue weighted by atomic mass is 15.2. The van der Waals surface area contributed by atoms with Gasteiger partial charge in [-0.1, -0.05) is 0 Å². The molecule has 0 radical (unpaired) electrons. The quantitative estimate of drug-likeness (QED) is 0.836. The van der Waals surface area contributed by atoms with Gasteiger partial charge < -0.3 is 10.2 Å². The van der Waals surface area contributed by atoms with Crippen molar-refractivity contribution in [1.29, 1.82) is 0 Å². The Hall–Kier alpha value is -0.940. The van der Waals surface area contributed by atoms with Gasteiger partial charge >= 0.3 is 0 Å². The molecule has 1 atom stereocenters. The topological polar surface area (TPSA) is 56.8 Å². The molecule has 2 saturated heterocycles. The molecule has 3 aliphatic rings. The lowest BCUT2D eigenvalue weighted by molar-refractivity contribution is 0.121. The lowest BCUT2D eigenvalue weighted by atomic mass is 9.70. The summed E-state index contributed by atoms with van der Waals surface area (Å²) in [7, 11) is 2.23. The van der Waals surface area contributed by atoms with E-state index in [9.17, 15) is 0 Å². The number of nitrogens with zero attached hydrogens (tertiary/aromatic N) is 3. The molecule has 1 aliphatic carbocycles. The first-order chi connectivity index (χ1) is 9.27. The summed E-state index contributed by atoms with van der Waals surface area (Å²) in [5.41, 5.74) is 0.410. The number of H-pyrrole nitrogens is 1. The first kappa shape index (κ1) is 11.9. The minimum absolute atomic E-state index is 0.410. The zero-order valence-corrected chi connectivity index (χ0v) is 11.7. The number of hydrogen-bond donors (Lipinski definition) is 2. The summed E-state index contributed by atoms with van der Waals surface area (Å²) in [6, 6.07) is 0. The van der Waals surface area contributed by atoms with Gasteiger partial charge in [-0.3, -0.25) is 5.10 Å². The average molecular weight is 261 g/mol. The lowest BCUT2D eigenvalue weighted by Gasteiger charge is -2.40. The maximum Gasteiger partial charge on any atom is 0.153 e. The van der Waals surface area contributed by atoms with Gasteiger partial charge in [-0.2, -0.15) is 5.10 Å². The van der Waals surface area contributed by atoms with Crippen LogP contribution >= 0.6 is 0 Å². The summed E-state index contributed by atoms with van der Waals surface area (Å²) < 4.78 is 0. The molecule has 1 saturated carbocycles. The van der Waals surface area contributed by atoms with Crippen molar-refractivity contribution in [3.63, 3.8) is 0 Å². The molecule has 5 heteroatoms. The number of nitrogens with one attached hydrogen (secondary N) is 2. The normalized spacial score (nSPS) is 31.1. The molecule has 1 aromatic rings. The molecule has 3 fully saturated rings. The van der Waals surface area contributed by atoms with E-state index in [2.05, 4.69) is 27.5 Å². The summed E-state index contributed by atoms with van der Waals surface area (Å²) in [5, 5.41) is 11.3. The smallest absolute Gasteiger partial charge is 0.153 e. The molecule has 104 valence electrons. The molecular weight excluding hydrogens is 238 g/mol. The van der Waals surface area contributed by atoms with Gasteiger partial charge in [0.05, 0.1) is 0 Å². The van der Waals surface area contributed by atoms with Crippen molar-refractivity contribution in [2.45, 2.75) is 37.5 Å². The second-order valence-corrected chi connectivity index (χ2v) is 6.70. The van der Waals surface area contributed by atoms with Gasteiger partial charge in [-0.05, 0) is 51.2 Å². The van der Waals surface area contributed by atoms with Crippen LogP contribution in [-0.2, 0) is 0 Å². The van der Waals surface area contributed by atoms with E-state index in [4.69, 9.17) is 4.98 Å². The maximum absolute atomic E-state index is 4.80. The van der Waals surface area contributed by atoms with Crippen LogP contribution in [0.5, 0.6) is 0 Å². The van der Waals surface area contributed by atoms with Crippen molar-refractivity contribution in [2.24, 2.45) is 5.41 Å². The second-order valence-electron chi connectivity index (χ2n) is 6.70. The standard InChI is InChI=1S/C14H23N5/c1-19-6-4-14(5-7-19)9-15-8-11(14)13-16-12(17-18-13)10-2-3-10/h10-11,15H,2-9H2,1H3,(H,16,17,18)/t11-/m1/s1. The number of aromatic nitrogens is 3. The zero-order valence-electron chi connectivity index (χ0n) is 11.7. The van der Waals surface area contributed by atoms with Gasteiger partial charge in [0.15, 0.2) is 5.82 Å². The molecule has 2 N–H and O–H groups in total. The van der Waals surface area contributed by atoms with E-state index in [0.717, 1.165) is 24.7 Å². The third kappa shape index (κ3) is 1.99. The Morgan fingerprint density at radius 3 is 2.79 bits per heavy atom. The Labute approximate surface area is 114 Å². The molecule has 0 unspecified atom stereocenters. The molecule has 1 spiro atoms. The largest absolute Gasteiger partial charge is 0.315 e. The van der Waals surface area contributed by atoms with Crippen LogP contribution in [0.15, 0.2) is 0 Å². The Balaban J connectivity index is 1.58. The fourth-order valence-corrected chi connectivity index (χ4v) is 3.75. The highest BCUT2D eigenvalue weighted by Crippen LogP contribution is 2.46. The summed E-state index contributed by atoms with van der Waals surface area (Å²) >= 11 is 0. The molecule has 2 aliphatic heterocycles. The third-order valence-electron chi connectivity index (χ3n) is 5.34. The number of likely N-dealkylation sites (tertiary alicyclic amines) is 1. The molecular formula is C14H23N5. The predicted molar refractivity (Wildman–Crippen MR) is 73.1 cm³/mol. The van der Waals surface area contributed by atoms with E-state index in [-0.39, 0.29) is 0 Å². The minimum atomic E-state index is 0.410. The third-order valence-corrected chi connectivity index (χ3v) is 5.34. The Morgan fingerprint density at radius 1 is 1.26 bits per heavy atom. The number of piperidine rings is 1. The van der Waals surface area contributed by atoms with Crippen LogP contribution in [0.4, 0.5) is 0 Å². The van der Waals surface area contributed by atoms with Crippen molar-refractivity contribution >= 4 is 0 Å². The molecule has 19 heavy (non-hydrogen) atoms. The van der Waals surface area contributed by atoms with Crippen LogP contribution in [0.2, 0.25) is 0 Å². The minimum Gasteiger partial charge on any atom is -0.315 e. The molecule has 1 aromatic heterocycles. The van der Waals surface area contributed by atoms with Crippen LogP contribution in [0.25, 0.3) is 0 Å². The zero-order chi connectivity index (χ0) is 12.9. The van der Waals surface area contributed by atoms with E-state index in [1.165, 1.54) is 38.8 Å². The van der Waals surface area contributed by atoms with Crippen LogP contribution < -0.4 is 5.32 Å². The van der Waals surface area contributed by atoms with Crippen molar-refractivity contribution in [1.82, 2.24) is 25.4 Å². The SMILES string of the molecule is CN1CCC2(CC1)CNC[C@@H]2c1nc(C2CC2)n[nH]1. The fourth-order valence-electron chi connectivity index (χ4n) is 3.75. The maximum atomic E-state index is 4.80. The van der Waals surface area contributed by atoms with Gasteiger partial charge in [0.25, 0.3) is 0 Å². The van der Waals surface area contributed by atoms with Crippen LogP contribution in [0.1, 0.15) is 49.2 Å². The summed E-state index contributed by atoms with van der Waals surface area (Å²) in [4.78, 5) is 7.24. The molecule has 0 aromatic carbocycles. The molecule has 0 amide bonds. The predicted octanol–water partition coefficient (Wildman–Crippen LogP) is 1.08. The van der Waals surface area contributed by atoms with Crippen LogP contribution in [-0.4, -0.2) is 53.3 Å². The number of rotatable bonds is 2. The number of hydrogen-bond acceptors (Lipinski definition) is 4. The number of aromatic amines is 1. The molecule has 0 bridgehead atoms. The van der Waals surface area contributed by atoms with Gasteiger partial charge in [0.1, 0.15) is 5.82 Å². The van der Waals surface area contributed by atoms with E-state index in [1.807, 2.05) is 0 Å². The molecule has 3 heterocycles. The highest BCUT2D eigenvalue weighted by molar-refractivity contribution is 5.14. The van der Waals surface area contributed by atoms with E-state index in [1.54, 1.807) is 0 Å². The van der Waals surface area contributed by atoms with Crippen molar-refractivity contribution < 1.29 is 0 Å². The van der Waals surface area contributed by atoms with Crippen molar-refractivity contribution in [3.05, 3.63) is 11.6 Å². The first-order valence-electron chi connectivity index (χ1n) is 7.58. The van der Waals surface area contributed by atoms with Crippen molar-refractivity contribution in [2.75, 3.05) is 33.2 Å². The summed E-state index contributed by atoms with van der Waals surface area (Å²) in [5.74, 6) is 3.37. The van der Waals surface area contributed by atoms with Crippen molar-refractivity contribution in [3.8, 4) is 0 Å². The molecule has 5 nitrogen and oxygen atoms in total. The van der Waals surface area contributed by atoms with Gasteiger partial charge in [0, 0.05) is 24.9 Å². The first-order valence-corrected chi connectivity index (χ1v) is 7.58. The van der Waals surface area contributed by atoms with Gasteiger partial charge in [-0.15, -0.1) is 0 Å². The lowest BCUT2D eigenvalue weighted by Crippen LogP contribution is -2.42. The Kier molecular flexibility index (Phi) is 2.67. The second kappa shape index (κ2) is 4.28. The van der Waals surface area contributed by atoms with E-state index in [0.29, 0.717) is 17.3 Å². The Morgan fingerprint density at radius 2 is 2.05 bits per heavy atom. The molecule has 4 rings (SSSR count). The fraction of sp³-hybridized carbons (Fsp3) is 0.857. The monoisotopic (exact) mass is 261 g/mol. The van der Waals surface area contributed by atoms with Crippen LogP contribution in [0.3, 0.4) is 0 Å². The summed E-state index contributed by atoms with van der Waals surface area (Å²) in [6.45, 7) is 4.62. The van der Waals surface area contributed by atoms with Crippen LogP contribution in [0, 0.1) is 5.41 Å². The summed E-state index contributed by atoms with van der Waals surface area (Å²) in [6.07, 6.45) is 5.10.